The number of carbonyl (C=O) groups excluding carboxylic acids is 2. The fourth-order valence-corrected chi connectivity index (χ4v) is 4.82. The maximum absolute atomic E-state index is 13.0. The van der Waals surface area contributed by atoms with Crippen LogP contribution >= 0.6 is 0 Å². The van der Waals surface area contributed by atoms with Crippen LogP contribution in [-0.2, 0) is 4.79 Å². The Labute approximate surface area is 211 Å². The summed E-state index contributed by atoms with van der Waals surface area (Å²) in [4.78, 5) is 35.6. The molecular formula is C28H32N4O4. The van der Waals surface area contributed by atoms with E-state index in [2.05, 4.69) is 9.88 Å². The van der Waals surface area contributed by atoms with Crippen molar-refractivity contribution in [2.24, 2.45) is 0 Å². The summed E-state index contributed by atoms with van der Waals surface area (Å²) in [7, 11) is 0. The molecule has 2 aliphatic heterocycles. The number of hydrogen-bond donors (Lipinski definition) is 0. The van der Waals surface area contributed by atoms with Gasteiger partial charge in [0, 0.05) is 36.4 Å². The highest BCUT2D eigenvalue weighted by Crippen LogP contribution is 2.23. The Morgan fingerprint density at radius 3 is 2.42 bits per heavy atom. The van der Waals surface area contributed by atoms with E-state index in [0.29, 0.717) is 31.0 Å². The molecule has 0 N–H and O–H groups in total. The van der Waals surface area contributed by atoms with Crippen LogP contribution in [0.3, 0.4) is 0 Å². The second-order valence-corrected chi connectivity index (χ2v) is 9.31. The van der Waals surface area contributed by atoms with Crippen LogP contribution in [0.4, 0.5) is 5.69 Å². The molecule has 2 aromatic carbocycles. The maximum Gasteiger partial charge on any atom is 0.254 e. The highest BCUT2D eigenvalue weighted by Gasteiger charge is 2.28. The fraction of sp³-hybridized carbons (Fsp3) is 0.393. The summed E-state index contributed by atoms with van der Waals surface area (Å²) in [5.41, 5.74) is 2.21. The van der Waals surface area contributed by atoms with Crippen LogP contribution < -0.4 is 9.64 Å². The Morgan fingerprint density at radius 2 is 1.72 bits per heavy atom. The van der Waals surface area contributed by atoms with Crippen LogP contribution in [-0.4, -0.2) is 72.5 Å². The molecule has 2 fully saturated rings. The van der Waals surface area contributed by atoms with Gasteiger partial charge in [0.15, 0.2) is 12.2 Å². The van der Waals surface area contributed by atoms with Crippen LogP contribution in [0, 0.1) is 0 Å². The third kappa shape index (κ3) is 5.76. The third-order valence-electron chi connectivity index (χ3n) is 6.84. The number of ether oxygens (including phenoxy) is 1. The molecule has 8 nitrogen and oxygen atoms in total. The van der Waals surface area contributed by atoms with Crippen molar-refractivity contribution in [2.45, 2.75) is 25.7 Å². The number of aromatic nitrogens is 1. The molecule has 0 radical (unpaired) electrons. The average Bonchev–Trinajstić information content (AvgIpc) is 3.47. The normalized spacial score (nSPS) is 16.8. The van der Waals surface area contributed by atoms with Crippen molar-refractivity contribution in [1.82, 2.24) is 14.8 Å². The summed E-state index contributed by atoms with van der Waals surface area (Å²) >= 11 is 0. The van der Waals surface area contributed by atoms with Gasteiger partial charge in [-0.15, -0.1) is 0 Å². The first-order valence-corrected chi connectivity index (χ1v) is 12.7. The molecule has 8 heteroatoms. The van der Waals surface area contributed by atoms with Gasteiger partial charge < -0.3 is 23.9 Å². The molecule has 188 valence electrons. The average molecular weight is 489 g/mol. The zero-order chi connectivity index (χ0) is 24.7. The maximum atomic E-state index is 13.0. The molecule has 0 saturated carbocycles. The molecule has 2 saturated heterocycles. The summed E-state index contributed by atoms with van der Waals surface area (Å²) in [6, 6.07) is 14.8. The van der Waals surface area contributed by atoms with E-state index in [1.807, 2.05) is 36.4 Å². The van der Waals surface area contributed by atoms with Crippen molar-refractivity contribution in [3.05, 3.63) is 66.7 Å². The zero-order valence-electron chi connectivity index (χ0n) is 20.5. The van der Waals surface area contributed by atoms with Gasteiger partial charge in [0.1, 0.15) is 12.3 Å². The largest absolute Gasteiger partial charge is 0.494 e. The van der Waals surface area contributed by atoms with Gasteiger partial charge in [0.05, 0.1) is 12.8 Å². The second kappa shape index (κ2) is 11.4. The Kier molecular flexibility index (Phi) is 7.61. The molecule has 5 rings (SSSR count). The molecule has 0 bridgehead atoms. The molecule has 0 aliphatic carbocycles. The number of hydrogen-bond acceptors (Lipinski definition) is 6. The second-order valence-electron chi connectivity index (χ2n) is 9.31. The molecule has 3 heterocycles. The molecular weight excluding hydrogens is 456 g/mol. The van der Waals surface area contributed by atoms with E-state index in [-0.39, 0.29) is 18.4 Å². The van der Waals surface area contributed by atoms with Crippen molar-refractivity contribution >= 4 is 17.5 Å². The van der Waals surface area contributed by atoms with Crippen molar-refractivity contribution in [3.8, 4) is 17.1 Å². The molecule has 3 aromatic rings. The minimum Gasteiger partial charge on any atom is -0.494 e. The summed E-state index contributed by atoms with van der Waals surface area (Å²) in [6.45, 7) is 5.17. The summed E-state index contributed by atoms with van der Waals surface area (Å²) in [5.74, 6) is 1.21. The van der Waals surface area contributed by atoms with E-state index in [1.54, 1.807) is 28.1 Å². The van der Waals surface area contributed by atoms with Crippen LogP contribution in [0.25, 0.3) is 11.3 Å². The first kappa shape index (κ1) is 24.1. The number of likely N-dealkylation sites (tertiary alicyclic amines) is 1. The number of anilines is 1. The first-order chi connectivity index (χ1) is 17.7. The molecule has 1 aromatic heterocycles. The SMILES string of the molecule is O=C(c1ccc(-c2cnco2)cc1)N1CCN(c2ccc(OCCCN3CCCCC3)cc2)C(=O)C1. The van der Waals surface area contributed by atoms with Gasteiger partial charge in [0.25, 0.3) is 5.91 Å². The van der Waals surface area contributed by atoms with Gasteiger partial charge in [-0.25, -0.2) is 4.98 Å². The molecule has 36 heavy (non-hydrogen) atoms. The highest BCUT2D eigenvalue weighted by atomic mass is 16.5. The zero-order valence-corrected chi connectivity index (χ0v) is 20.5. The monoisotopic (exact) mass is 488 g/mol. The Bertz CT molecular complexity index is 1140. The van der Waals surface area contributed by atoms with Crippen LogP contribution in [0.2, 0.25) is 0 Å². The fourth-order valence-electron chi connectivity index (χ4n) is 4.82. The number of rotatable bonds is 8. The lowest BCUT2D eigenvalue weighted by Gasteiger charge is -2.34. The number of carbonyl (C=O) groups is 2. The van der Waals surface area contributed by atoms with E-state index in [4.69, 9.17) is 9.15 Å². The number of benzene rings is 2. The molecule has 0 atom stereocenters. The minimum atomic E-state index is -0.152. The van der Waals surface area contributed by atoms with E-state index < -0.39 is 0 Å². The molecule has 2 aliphatic rings. The van der Waals surface area contributed by atoms with Gasteiger partial charge >= 0.3 is 0 Å². The smallest absolute Gasteiger partial charge is 0.254 e. The van der Waals surface area contributed by atoms with Gasteiger partial charge in [-0.3, -0.25) is 9.59 Å². The lowest BCUT2D eigenvalue weighted by atomic mass is 10.1. The quantitative estimate of drug-likeness (QED) is 0.445. The van der Waals surface area contributed by atoms with Crippen LogP contribution in [0.15, 0.2) is 65.5 Å². The topological polar surface area (TPSA) is 79.1 Å². The summed E-state index contributed by atoms with van der Waals surface area (Å²) in [5, 5.41) is 0. The van der Waals surface area contributed by atoms with E-state index >= 15 is 0 Å². The predicted octanol–water partition coefficient (Wildman–Crippen LogP) is 4.09. The van der Waals surface area contributed by atoms with E-state index in [1.165, 1.54) is 38.7 Å². The molecule has 0 spiro atoms. The van der Waals surface area contributed by atoms with Gasteiger partial charge in [-0.05, 0) is 68.8 Å². The predicted molar refractivity (Wildman–Crippen MR) is 137 cm³/mol. The minimum absolute atomic E-state index is 0.0530. The molecule has 0 unspecified atom stereocenters. The first-order valence-electron chi connectivity index (χ1n) is 12.7. The van der Waals surface area contributed by atoms with Crippen LogP contribution in [0.1, 0.15) is 36.0 Å². The Balaban J connectivity index is 1.10. The highest BCUT2D eigenvalue weighted by molar-refractivity contribution is 6.01. The van der Waals surface area contributed by atoms with E-state index in [0.717, 1.165) is 30.0 Å². The van der Waals surface area contributed by atoms with Crippen molar-refractivity contribution in [3.63, 3.8) is 0 Å². The summed E-state index contributed by atoms with van der Waals surface area (Å²) in [6.07, 6.45) is 7.98. The van der Waals surface area contributed by atoms with Gasteiger partial charge in [0.2, 0.25) is 5.91 Å². The van der Waals surface area contributed by atoms with Gasteiger partial charge in [-0.2, -0.15) is 0 Å². The summed E-state index contributed by atoms with van der Waals surface area (Å²) < 4.78 is 11.2. The number of amides is 2. The number of piperazine rings is 1. The third-order valence-corrected chi connectivity index (χ3v) is 6.84. The lowest BCUT2D eigenvalue weighted by Crippen LogP contribution is -2.52. The van der Waals surface area contributed by atoms with Gasteiger partial charge in [-0.1, -0.05) is 18.6 Å². The number of piperidine rings is 1. The van der Waals surface area contributed by atoms with Crippen molar-refractivity contribution in [1.29, 1.82) is 0 Å². The Morgan fingerprint density at radius 1 is 0.944 bits per heavy atom. The van der Waals surface area contributed by atoms with Crippen LogP contribution in [0.5, 0.6) is 5.75 Å². The molecule has 2 amide bonds. The Hall–Kier alpha value is -3.65. The number of oxazole rings is 1. The van der Waals surface area contributed by atoms with Crippen molar-refractivity contribution < 1.29 is 18.7 Å². The standard InChI is InChI=1S/C28H32N4O4/c33-27-20-31(28(34)23-7-5-22(6-8-23)26-19-29-21-36-26)16-17-32(27)24-9-11-25(12-10-24)35-18-4-15-30-13-2-1-3-14-30/h5-12,19,21H,1-4,13-18,20H2. The van der Waals surface area contributed by atoms with Crippen molar-refractivity contribution in [2.75, 3.05) is 50.8 Å². The number of nitrogens with zero attached hydrogens (tertiary/aromatic N) is 4. The lowest BCUT2D eigenvalue weighted by molar-refractivity contribution is -0.120. The van der Waals surface area contributed by atoms with E-state index in [9.17, 15) is 9.59 Å².